The Bertz CT molecular complexity index is 525. The molecular formula is C23H36OS. The van der Waals surface area contributed by atoms with Crippen LogP contribution < -0.4 is 0 Å². The molecule has 0 radical (unpaired) electrons. The molecule has 1 aliphatic carbocycles. The summed E-state index contributed by atoms with van der Waals surface area (Å²) in [5, 5.41) is 1.00. The Morgan fingerprint density at radius 3 is 2.32 bits per heavy atom. The van der Waals surface area contributed by atoms with Crippen LogP contribution in [0, 0.1) is 0 Å². The molecule has 1 fully saturated rings. The fourth-order valence-electron chi connectivity index (χ4n) is 2.78. The second-order valence-corrected chi connectivity index (χ2v) is 7.32. The van der Waals surface area contributed by atoms with Gasteiger partial charge < -0.3 is 0 Å². The van der Waals surface area contributed by atoms with Crippen molar-refractivity contribution in [1.29, 1.82) is 0 Å². The number of benzene rings is 1. The fraction of sp³-hybridized carbons (Fsp3) is 0.522. The number of thioether (sulfide) groups is 1. The normalized spacial score (nSPS) is 14.5. The summed E-state index contributed by atoms with van der Waals surface area (Å²) in [6, 6.07) is 7.75. The van der Waals surface area contributed by atoms with Crippen LogP contribution in [0.2, 0.25) is 0 Å². The quantitative estimate of drug-likeness (QED) is 0.405. The number of rotatable bonds is 5. The highest BCUT2D eigenvalue weighted by Gasteiger charge is 2.10. The molecule has 2 heteroatoms. The van der Waals surface area contributed by atoms with E-state index in [0.717, 1.165) is 17.2 Å². The molecule has 1 saturated carbocycles. The molecule has 0 heterocycles. The van der Waals surface area contributed by atoms with Crippen LogP contribution in [0.5, 0.6) is 0 Å². The second-order valence-electron chi connectivity index (χ2n) is 6.18. The maximum absolute atomic E-state index is 11.2. The van der Waals surface area contributed by atoms with Crippen LogP contribution in [-0.4, -0.2) is 17.3 Å². The fourth-order valence-corrected chi connectivity index (χ4v) is 3.59. The number of ketones is 1. The van der Waals surface area contributed by atoms with Gasteiger partial charge in [-0.3, -0.25) is 4.79 Å². The van der Waals surface area contributed by atoms with Crippen molar-refractivity contribution in [3.8, 4) is 0 Å². The molecule has 0 atom stereocenters. The van der Waals surface area contributed by atoms with Crippen LogP contribution in [0.25, 0.3) is 0 Å². The van der Waals surface area contributed by atoms with Crippen LogP contribution in [0.1, 0.15) is 75.7 Å². The van der Waals surface area contributed by atoms with Crippen molar-refractivity contribution in [3.63, 3.8) is 0 Å². The third kappa shape index (κ3) is 11.0. The van der Waals surface area contributed by atoms with E-state index in [4.69, 9.17) is 0 Å². The van der Waals surface area contributed by atoms with E-state index < -0.39 is 0 Å². The van der Waals surface area contributed by atoms with Gasteiger partial charge in [0.25, 0.3) is 0 Å². The number of hydrogen-bond acceptors (Lipinski definition) is 2. The molecule has 0 unspecified atom stereocenters. The third-order valence-electron chi connectivity index (χ3n) is 4.10. The van der Waals surface area contributed by atoms with Gasteiger partial charge in [0.05, 0.1) is 0 Å². The third-order valence-corrected chi connectivity index (χ3v) is 5.24. The van der Waals surface area contributed by atoms with Gasteiger partial charge in [-0.1, -0.05) is 75.6 Å². The van der Waals surface area contributed by atoms with Gasteiger partial charge in [0.2, 0.25) is 0 Å². The lowest BCUT2D eigenvalue weighted by atomic mass is 10.0. The molecule has 0 aromatic heterocycles. The summed E-state index contributed by atoms with van der Waals surface area (Å²) >= 11 is 2.05. The minimum absolute atomic E-state index is 0.113. The molecule has 0 spiro atoms. The van der Waals surface area contributed by atoms with E-state index in [1.54, 1.807) is 13.0 Å². The summed E-state index contributed by atoms with van der Waals surface area (Å²) in [5.74, 6) is 0.113. The Labute approximate surface area is 160 Å². The van der Waals surface area contributed by atoms with Crippen molar-refractivity contribution in [3.05, 3.63) is 59.7 Å². The van der Waals surface area contributed by atoms with Gasteiger partial charge in [0.15, 0.2) is 5.78 Å². The van der Waals surface area contributed by atoms with E-state index in [9.17, 15) is 4.79 Å². The van der Waals surface area contributed by atoms with Crippen molar-refractivity contribution in [1.82, 2.24) is 0 Å². The van der Waals surface area contributed by atoms with E-state index in [0.29, 0.717) is 0 Å². The zero-order valence-electron chi connectivity index (χ0n) is 16.8. The molecule has 1 aliphatic rings. The Balaban J connectivity index is 0.000000483. The van der Waals surface area contributed by atoms with Gasteiger partial charge in [-0.05, 0) is 51.0 Å². The summed E-state index contributed by atoms with van der Waals surface area (Å²) in [6.45, 7) is 11.3. The van der Waals surface area contributed by atoms with E-state index >= 15 is 0 Å². The number of allylic oxidation sites excluding steroid dienone is 3. The molecular weight excluding hydrogens is 324 g/mol. The maximum Gasteiger partial charge on any atom is 0.159 e. The molecule has 2 rings (SSSR count). The summed E-state index contributed by atoms with van der Waals surface area (Å²) in [6.07, 6.45) is 14.3. The average Bonchev–Trinajstić information content (AvgIpc) is 2.65. The van der Waals surface area contributed by atoms with Crippen LogP contribution >= 0.6 is 11.8 Å². The molecule has 0 saturated heterocycles. The molecule has 0 aliphatic heterocycles. The van der Waals surface area contributed by atoms with Gasteiger partial charge in [-0.2, -0.15) is 11.8 Å². The first-order valence-corrected chi connectivity index (χ1v) is 10.8. The molecule has 1 nitrogen and oxygen atoms in total. The number of carbonyl (C=O) groups is 1. The second kappa shape index (κ2) is 15.0. The lowest BCUT2D eigenvalue weighted by Crippen LogP contribution is -2.06. The lowest BCUT2D eigenvalue weighted by Gasteiger charge is -2.18. The van der Waals surface area contributed by atoms with Gasteiger partial charge >= 0.3 is 0 Å². The average molecular weight is 361 g/mol. The topological polar surface area (TPSA) is 17.1 Å². The van der Waals surface area contributed by atoms with Crippen LogP contribution in [-0.2, 0) is 6.42 Å². The molecule has 0 amide bonds. The number of hydrogen-bond donors (Lipinski definition) is 0. The van der Waals surface area contributed by atoms with Gasteiger partial charge in [-0.15, -0.1) is 0 Å². The van der Waals surface area contributed by atoms with Crippen molar-refractivity contribution >= 4 is 17.5 Å². The van der Waals surface area contributed by atoms with Crippen LogP contribution in [0.3, 0.4) is 0 Å². The zero-order valence-corrected chi connectivity index (χ0v) is 17.6. The van der Waals surface area contributed by atoms with Crippen LogP contribution in [0.15, 0.2) is 48.6 Å². The van der Waals surface area contributed by atoms with E-state index in [-0.39, 0.29) is 5.78 Å². The van der Waals surface area contributed by atoms with Crippen molar-refractivity contribution in [2.24, 2.45) is 0 Å². The molecule has 1 aromatic carbocycles. The number of Topliss-reactive ketones (excluding diaryl/α,β-unsaturated/α-hetero) is 1. The van der Waals surface area contributed by atoms with Crippen molar-refractivity contribution in [2.75, 3.05) is 6.26 Å². The van der Waals surface area contributed by atoms with Crippen molar-refractivity contribution in [2.45, 2.75) is 71.5 Å². The highest BCUT2D eigenvalue weighted by atomic mass is 32.2. The summed E-state index contributed by atoms with van der Waals surface area (Å²) in [4.78, 5) is 11.2. The molecule has 0 bridgehead atoms. The molecule has 1 aromatic rings. The summed E-state index contributed by atoms with van der Waals surface area (Å²) in [5.41, 5.74) is 3.18. The number of carbonyl (C=O) groups excluding carboxylic acids is 1. The highest BCUT2D eigenvalue weighted by Crippen LogP contribution is 2.25. The Kier molecular flexibility index (Phi) is 14.2. The van der Waals surface area contributed by atoms with E-state index in [1.165, 1.54) is 43.2 Å². The highest BCUT2D eigenvalue weighted by molar-refractivity contribution is 7.99. The Morgan fingerprint density at radius 2 is 1.84 bits per heavy atom. The molecule has 25 heavy (non-hydrogen) atoms. The predicted octanol–water partition coefficient (Wildman–Crippen LogP) is 7.27. The first kappa shape index (κ1) is 23.7. The van der Waals surface area contributed by atoms with Crippen LogP contribution in [0.4, 0.5) is 0 Å². The minimum atomic E-state index is 0.113. The standard InChI is InChI=1S/C14H16O.C7H14S.C2H6/c1-4-6-11(2)9-13-7-5-8-14(10-13)12(3)15;1-8-7-5-3-2-4-6-7;1-2/h4-8,10H,1,9H2,2-3H3;7H,2-6H2,1H3;1-2H3/b11-6-;;. The monoisotopic (exact) mass is 360 g/mol. The Morgan fingerprint density at radius 1 is 1.20 bits per heavy atom. The SMILES string of the molecule is C=C/C=C(/C)Cc1cccc(C(C)=O)c1.CC.CSC1CCCCC1. The lowest BCUT2D eigenvalue weighted by molar-refractivity contribution is 0.101. The summed E-state index contributed by atoms with van der Waals surface area (Å²) in [7, 11) is 0. The molecule has 140 valence electrons. The molecule has 0 N–H and O–H groups in total. The van der Waals surface area contributed by atoms with E-state index in [2.05, 4.69) is 19.8 Å². The predicted molar refractivity (Wildman–Crippen MR) is 116 cm³/mol. The first-order chi connectivity index (χ1) is 12.1. The van der Waals surface area contributed by atoms with Crippen molar-refractivity contribution < 1.29 is 4.79 Å². The Hall–Kier alpha value is -1.28. The minimum Gasteiger partial charge on any atom is -0.295 e. The van der Waals surface area contributed by atoms with E-state index in [1.807, 2.05) is 56.0 Å². The smallest absolute Gasteiger partial charge is 0.159 e. The van der Waals surface area contributed by atoms with Gasteiger partial charge in [0.1, 0.15) is 0 Å². The summed E-state index contributed by atoms with van der Waals surface area (Å²) < 4.78 is 0. The zero-order chi connectivity index (χ0) is 19.1. The largest absolute Gasteiger partial charge is 0.295 e. The maximum atomic E-state index is 11.2. The first-order valence-electron chi connectivity index (χ1n) is 9.47. The van der Waals surface area contributed by atoms with Gasteiger partial charge in [0, 0.05) is 10.8 Å². The van der Waals surface area contributed by atoms with Gasteiger partial charge in [-0.25, -0.2) is 0 Å².